The summed E-state index contributed by atoms with van der Waals surface area (Å²) in [4.78, 5) is 27.7. The molecule has 4 aromatic carbocycles. The number of aromatic nitrogens is 6. The lowest BCUT2D eigenvalue weighted by Crippen LogP contribution is -1.97. The largest absolute Gasteiger partial charge is 0.245 e. The van der Waals surface area contributed by atoms with Crippen molar-refractivity contribution in [3.8, 4) is 23.0 Å². The van der Waals surface area contributed by atoms with Gasteiger partial charge in [0, 0.05) is 23.2 Å². The van der Waals surface area contributed by atoms with Crippen LogP contribution in [0.15, 0.2) is 152 Å². The number of aryl methyl sites for hydroxylation is 1. The molecule has 50 heavy (non-hydrogen) atoms. The van der Waals surface area contributed by atoms with Gasteiger partial charge in [0.25, 0.3) is 0 Å². The van der Waals surface area contributed by atoms with Crippen LogP contribution in [-0.2, 0) is 6.42 Å². The minimum atomic E-state index is 0.642. The van der Waals surface area contributed by atoms with E-state index in [1.165, 1.54) is 5.56 Å². The third kappa shape index (κ3) is 7.89. The first-order chi connectivity index (χ1) is 24.7. The van der Waals surface area contributed by atoms with E-state index in [0.717, 1.165) is 62.1 Å². The summed E-state index contributed by atoms with van der Waals surface area (Å²) in [7, 11) is 0. The molecule has 0 radical (unpaired) electrons. The van der Waals surface area contributed by atoms with E-state index in [2.05, 4.69) is 74.3 Å². The van der Waals surface area contributed by atoms with Crippen molar-refractivity contribution in [2.24, 2.45) is 0 Å². The summed E-state index contributed by atoms with van der Waals surface area (Å²) in [6.45, 7) is 2.14. The number of hydrogen-bond donors (Lipinski definition) is 0. The van der Waals surface area contributed by atoms with Crippen molar-refractivity contribution in [2.75, 3.05) is 0 Å². The fourth-order valence-electron chi connectivity index (χ4n) is 5.42. The second-order valence-corrected chi connectivity index (χ2v) is 11.5. The van der Waals surface area contributed by atoms with Crippen molar-refractivity contribution in [2.45, 2.75) is 13.3 Å². The molecule has 0 saturated carbocycles. The number of rotatable bonds is 7. The molecule has 0 spiro atoms. The average Bonchev–Trinajstić information content (AvgIpc) is 3.20. The molecule has 8 aromatic rings. The first kappa shape index (κ1) is 31.9. The Labute approximate surface area is 291 Å². The highest BCUT2D eigenvalue weighted by Crippen LogP contribution is 2.21. The smallest absolute Gasteiger partial charge is 0.178 e. The number of pyridine rings is 2. The van der Waals surface area contributed by atoms with Crippen molar-refractivity contribution in [3.05, 3.63) is 180 Å². The number of hydrogen-bond acceptors (Lipinski definition) is 6. The SMILES string of the molecule is C(=C/c1cccc(-c2ncc3ccccc3n2)n1)/c1ccccc1.CCc1ccc(-c2ncc3ccccc3n2)nc1/C=C\c1ccccc1. The molecule has 0 bridgehead atoms. The number of fused-ring (bicyclic) bond motifs is 2. The van der Waals surface area contributed by atoms with E-state index in [-0.39, 0.29) is 0 Å². The van der Waals surface area contributed by atoms with Crippen molar-refractivity contribution in [1.29, 1.82) is 0 Å². The van der Waals surface area contributed by atoms with E-state index >= 15 is 0 Å². The van der Waals surface area contributed by atoms with Crippen LogP contribution in [0.25, 0.3) is 69.1 Å². The second-order valence-electron chi connectivity index (χ2n) is 11.5. The summed E-state index contributed by atoms with van der Waals surface area (Å²) in [5.41, 5.74) is 8.78. The first-order valence-corrected chi connectivity index (χ1v) is 16.6. The first-order valence-electron chi connectivity index (χ1n) is 16.6. The maximum absolute atomic E-state index is 4.82. The fourth-order valence-corrected chi connectivity index (χ4v) is 5.42. The van der Waals surface area contributed by atoms with Crippen LogP contribution in [0.2, 0.25) is 0 Å². The Morgan fingerprint density at radius 3 is 1.58 bits per heavy atom. The Bertz CT molecular complexity index is 2420. The third-order valence-electron chi connectivity index (χ3n) is 8.08. The Kier molecular flexibility index (Phi) is 9.89. The standard InChI is InChI=1S/C23H19N3.C21H15N3/c1-2-18-13-15-22(23-24-16-19-10-6-7-11-20(19)26-23)25-21(18)14-12-17-8-4-3-5-9-17;1-2-7-16(8-3-1)13-14-18-10-6-12-20(23-18)21-22-15-17-9-4-5-11-19(17)24-21/h3-16H,2H2,1H3;1-15H/b14-12-;14-13-. The molecule has 4 heterocycles. The molecule has 0 aliphatic carbocycles. The van der Waals surface area contributed by atoms with Crippen LogP contribution in [-0.4, -0.2) is 29.9 Å². The van der Waals surface area contributed by atoms with E-state index in [4.69, 9.17) is 4.98 Å². The topological polar surface area (TPSA) is 77.3 Å². The van der Waals surface area contributed by atoms with Gasteiger partial charge in [-0.25, -0.2) is 29.9 Å². The van der Waals surface area contributed by atoms with Gasteiger partial charge in [-0.2, -0.15) is 0 Å². The summed E-state index contributed by atoms with van der Waals surface area (Å²) >= 11 is 0. The molecule has 0 unspecified atom stereocenters. The lowest BCUT2D eigenvalue weighted by atomic mass is 10.1. The maximum Gasteiger partial charge on any atom is 0.178 e. The Morgan fingerprint density at radius 1 is 0.440 bits per heavy atom. The van der Waals surface area contributed by atoms with Crippen molar-refractivity contribution < 1.29 is 0 Å². The van der Waals surface area contributed by atoms with Crippen molar-refractivity contribution in [3.63, 3.8) is 0 Å². The average molecular weight is 647 g/mol. The zero-order valence-electron chi connectivity index (χ0n) is 27.6. The van der Waals surface area contributed by atoms with Crippen LogP contribution in [0, 0.1) is 0 Å². The van der Waals surface area contributed by atoms with Gasteiger partial charge in [-0.15, -0.1) is 0 Å². The lowest BCUT2D eigenvalue weighted by molar-refractivity contribution is 1.08. The Morgan fingerprint density at radius 2 is 0.980 bits per heavy atom. The zero-order chi connectivity index (χ0) is 34.0. The molecule has 0 aliphatic rings. The molecule has 0 aliphatic heterocycles. The van der Waals surface area contributed by atoms with Crippen LogP contribution in [0.4, 0.5) is 0 Å². The van der Waals surface area contributed by atoms with E-state index in [1.807, 2.05) is 134 Å². The Hall–Kier alpha value is -6.66. The lowest BCUT2D eigenvalue weighted by Gasteiger charge is -2.07. The normalized spacial score (nSPS) is 11.2. The van der Waals surface area contributed by atoms with Crippen LogP contribution in [0.3, 0.4) is 0 Å². The molecule has 6 nitrogen and oxygen atoms in total. The van der Waals surface area contributed by atoms with Gasteiger partial charge < -0.3 is 0 Å². The van der Waals surface area contributed by atoms with Crippen LogP contribution in [0.5, 0.6) is 0 Å². The molecule has 8 rings (SSSR count). The van der Waals surface area contributed by atoms with E-state index in [0.29, 0.717) is 11.6 Å². The monoisotopic (exact) mass is 646 g/mol. The number of nitrogens with zero attached hydrogens (tertiary/aromatic N) is 6. The van der Waals surface area contributed by atoms with Gasteiger partial charge in [0.05, 0.1) is 22.4 Å². The van der Waals surface area contributed by atoms with Gasteiger partial charge in [0.2, 0.25) is 0 Å². The predicted molar refractivity (Wildman–Crippen MR) is 206 cm³/mol. The van der Waals surface area contributed by atoms with E-state index in [9.17, 15) is 0 Å². The maximum atomic E-state index is 4.82. The van der Waals surface area contributed by atoms with Crippen LogP contribution in [0.1, 0.15) is 35.0 Å². The second kappa shape index (κ2) is 15.5. The predicted octanol–water partition coefficient (Wildman–Crippen LogP) is 10.3. The molecule has 0 saturated heterocycles. The van der Waals surface area contributed by atoms with E-state index < -0.39 is 0 Å². The summed E-state index contributed by atoms with van der Waals surface area (Å²) in [6.07, 6.45) is 12.8. The highest BCUT2D eigenvalue weighted by molar-refractivity contribution is 5.80. The number of para-hydroxylation sites is 2. The molecular formula is C44H34N6. The van der Waals surface area contributed by atoms with Gasteiger partial charge in [-0.05, 0) is 65.6 Å². The molecular weight excluding hydrogens is 613 g/mol. The zero-order valence-corrected chi connectivity index (χ0v) is 27.6. The third-order valence-corrected chi connectivity index (χ3v) is 8.08. The van der Waals surface area contributed by atoms with Gasteiger partial charge in [-0.1, -0.05) is 128 Å². The minimum Gasteiger partial charge on any atom is -0.245 e. The molecule has 0 fully saturated rings. The number of benzene rings is 4. The quantitative estimate of drug-likeness (QED) is 0.171. The van der Waals surface area contributed by atoms with Gasteiger partial charge in [-0.3, -0.25) is 0 Å². The van der Waals surface area contributed by atoms with Crippen molar-refractivity contribution >= 4 is 46.1 Å². The van der Waals surface area contributed by atoms with Crippen LogP contribution >= 0.6 is 0 Å². The Balaban J connectivity index is 0.000000157. The van der Waals surface area contributed by atoms with Gasteiger partial charge >= 0.3 is 0 Å². The highest BCUT2D eigenvalue weighted by Gasteiger charge is 2.08. The van der Waals surface area contributed by atoms with E-state index in [1.54, 1.807) is 0 Å². The van der Waals surface area contributed by atoms with Crippen molar-refractivity contribution in [1.82, 2.24) is 29.9 Å². The molecule has 0 atom stereocenters. The fraction of sp³-hybridized carbons (Fsp3) is 0.0455. The summed E-state index contributed by atoms with van der Waals surface area (Å²) < 4.78 is 0. The van der Waals surface area contributed by atoms with Gasteiger partial charge in [0.1, 0.15) is 11.4 Å². The molecule has 6 heteroatoms. The summed E-state index contributed by atoms with van der Waals surface area (Å²) in [5.74, 6) is 1.30. The highest BCUT2D eigenvalue weighted by atomic mass is 14.9. The van der Waals surface area contributed by atoms with Crippen LogP contribution < -0.4 is 0 Å². The molecule has 0 N–H and O–H groups in total. The molecule has 240 valence electrons. The van der Waals surface area contributed by atoms with Gasteiger partial charge in [0.15, 0.2) is 11.6 Å². The molecule has 4 aromatic heterocycles. The minimum absolute atomic E-state index is 0.642. The summed E-state index contributed by atoms with van der Waals surface area (Å²) in [6, 6.07) is 46.4. The summed E-state index contributed by atoms with van der Waals surface area (Å²) in [5, 5.41) is 2.06. The molecule has 0 amide bonds.